The van der Waals surface area contributed by atoms with Gasteiger partial charge in [-0.1, -0.05) is 11.6 Å². The van der Waals surface area contributed by atoms with Gasteiger partial charge in [-0.05, 0) is 49.2 Å². The summed E-state index contributed by atoms with van der Waals surface area (Å²) >= 11 is 5.89. The van der Waals surface area contributed by atoms with E-state index in [4.69, 9.17) is 16.0 Å². The molecule has 5 nitrogen and oxygen atoms in total. The fraction of sp³-hybridized carbons (Fsp3) is 0.467. The molecule has 3 heterocycles. The van der Waals surface area contributed by atoms with Gasteiger partial charge in [0.15, 0.2) is 0 Å². The van der Waals surface area contributed by atoms with Crippen LogP contribution in [-0.4, -0.2) is 41.3 Å². The molecule has 0 spiro atoms. The molecule has 21 heavy (non-hydrogen) atoms. The molecule has 0 aliphatic carbocycles. The number of benzene rings is 1. The van der Waals surface area contributed by atoms with Gasteiger partial charge in [-0.25, -0.2) is 0 Å². The zero-order valence-corrected chi connectivity index (χ0v) is 12.4. The number of hydrogen-bond acceptors (Lipinski definition) is 5. The monoisotopic (exact) mass is 304 g/mol. The first-order valence-corrected chi connectivity index (χ1v) is 7.67. The van der Waals surface area contributed by atoms with Crippen LogP contribution < -0.4 is 5.32 Å². The van der Waals surface area contributed by atoms with Crippen molar-refractivity contribution in [1.29, 1.82) is 0 Å². The smallest absolute Gasteiger partial charge is 0.247 e. The molecule has 2 unspecified atom stereocenters. The van der Waals surface area contributed by atoms with E-state index in [1.165, 1.54) is 0 Å². The Balaban J connectivity index is 1.44. The molecule has 0 radical (unpaired) electrons. The molecule has 2 atom stereocenters. The van der Waals surface area contributed by atoms with Gasteiger partial charge in [-0.15, -0.1) is 10.2 Å². The maximum atomic E-state index is 5.89. The molecule has 2 fully saturated rings. The van der Waals surface area contributed by atoms with Crippen LogP contribution in [0.15, 0.2) is 28.7 Å². The standard InChI is InChI=1S/C15H17ClN4O/c16-13-3-1-10(2-4-13)15-19-18-14(21-15)9-20-7-11-5-17-6-12(11)8-20/h1-4,11-12,17H,5-9H2. The summed E-state index contributed by atoms with van der Waals surface area (Å²) in [6.07, 6.45) is 0. The van der Waals surface area contributed by atoms with Crippen molar-refractivity contribution in [2.45, 2.75) is 6.54 Å². The van der Waals surface area contributed by atoms with Gasteiger partial charge >= 0.3 is 0 Å². The van der Waals surface area contributed by atoms with Gasteiger partial charge in [-0.2, -0.15) is 0 Å². The van der Waals surface area contributed by atoms with Gasteiger partial charge in [0.05, 0.1) is 6.54 Å². The number of rotatable bonds is 3. The lowest BCUT2D eigenvalue weighted by Crippen LogP contribution is -2.25. The van der Waals surface area contributed by atoms with E-state index in [0.717, 1.165) is 50.1 Å². The molecule has 110 valence electrons. The Bertz CT molecular complexity index is 615. The largest absolute Gasteiger partial charge is 0.419 e. The maximum Gasteiger partial charge on any atom is 0.247 e. The summed E-state index contributed by atoms with van der Waals surface area (Å²) in [5, 5.41) is 12.5. The lowest BCUT2D eigenvalue weighted by Gasteiger charge is -2.13. The first-order valence-electron chi connectivity index (χ1n) is 7.29. The fourth-order valence-electron chi connectivity index (χ4n) is 3.30. The first kappa shape index (κ1) is 13.2. The molecule has 2 aromatic rings. The number of likely N-dealkylation sites (tertiary alicyclic amines) is 1. The lowest BCUT2D eigenvalue weighted by molar-refractivity contribution is 0.273. The Morgan fingerprint density at radius 3 is 2.57 bits per heavy atom. The number of nitrogens with one attached hydrogen (secondary N) is 1. The van der Waals surface area contributed by atoms with E-state index >= 15 is 0 Å². The van der Waals surface area contributed by atoms with Crippen LogP contribution in [0.25, 0.3) is 11.5 Å². The molecular formula is C15H17ClN4O. The highest BCUT2D eigenvalue weighted by molar-refractivity contribution is 6.30. The Morgan fingerprint density at radius 1 is 1.14 bits per heavy atom. The Hall–Kier alpha value is -1.43. The number of aromatic nitrogens is 2. The molecular weight excluding hydrogens is 288 g/mol. The van der Waals surface area contributed by atoms with Crippen LogP contribution in [0.4, 0.5) is 0 Å². The Labute approximate surface area is 128 Å². The van der Waals surface area contributed by atoms with Crippen molar-refractivity contribution in [3.8, 4) is 11.5 Å². The third-order valence-corrected chi connectivity index (χ3v) is 4.63. The molecule has 2 aliphatic heterocycles. The predicted octanol–water partition coefficient (Wildman–Crippen LogP) is 2.04. The second kappa shape index (κ2) is 5.40. The van der Waals surface area contributed by atoms with Gasteiger partial charge in [0.2, 0.25) is 11.8 Å². The highest BCUT2D eigenvalue weighted by atomic mass is 35.5. The van der Waals surface area contributed by atoms with Gasteiger partial charge in [0.1, 0.15) is 0 Å². The number of halogens is 1. The van der Waals surface area contributed by atoms with Crippen molar-refractivity contribution >= 4 is 11.6 Å². The fourth-order valence-corrected chi connectivity index (χ4v) is 3.43. The molecule has 2 aliphatic rings. The summed E-state index contributed by atoms with van der Waals surface area (Å²) < 4.78 is 5.77. The van der Waals surface area contributed by atoms with Crippen molar-refractivity contribution in [2.75, 3.05) is 26.2 Å². The molecule has 0 bridgehead atoms. The van der Waals surface area contributed by atoms with Crippen LogP contribution in [0, 0.1) is 11.8 Å². The number of nitrogens with zero attached hydrogens (tertiary/aromatic N) is 3. The number of fused-ring (bicyclic) bond motifs is 1. The molecule has 6 heteroatoms. The third kappa shape index (κ3) is 2.69. The second-order valence-electron chi connectivity index (χ2n) is 5.88. The summed E-state index contributed by atoms with van der Waals surface area (Å²) in [5.74, 6) is 2.81. The topological polar surface area (TPSA) is 54.2 Å². The number of hydrogen-bond donors (Lipinski definition) is 1. The normalized spacial score (nSPS) is 25.4. The minimum absolute atomic E-state index is 0.558. The van der Waals surface area contributed by atoms with E-state index in [1.54, 1.807) is 0 Å². The molecule has 0 amide bonds. The SMILES string of the molecule is Clc1ccc(-c2nnc(CN3CC4CNCC4C3)o2)cc1. The summed E-state index contributed by atoms with van der Waals surface area (Å²) in [5.41, 5.74) is 0.903. The van der Waals surface area contributed by atoms with Crippen molar-refractivity contribution < 1.29 is 4.42 Å². The first-order chi connectivity index (χ1) is 10.3. The Kier molecular flexibility index (Phi) is 3.41. The van der Waals surface area contributed by atoms with Crippen LogP contribution in [0.5, 0.6) is 0 Å². The molecule has 2 saturated heterocycles. The highest BCUT2D eigenvalue weighted by Gasteiger charge is 2.36. The Morgan fingerprint density at radius 2 is 1.86 bits per heavy atom. The van der Waals surface area contributed by atoms with E-state index in [2.05, 4.69) is 20.4 Å². The van der Waals surface area contributed by atoms with Crippen LogP contribution in [0.2, 0.25) is 5.02 Å². The van der Waals surface area contributed by atoms with Crippen LogP contribution >= 0.6 is 11.6 Å². The molecule has 0 saturated carbocycles. The van der Waals surface area contributed by atoms with E-state index in [9.17, 15) is 0 Å². The molecule has 1 aromatic heterocycles. The summed E-state index contributed by atoms with van der Waals surface area (Å²) in [7, 11) is 0. The average molecular weight is 305 g/mol. The minimum atomic E-state index is 0.558. The quantitative estimate of drug-likeness (QED) is 0.940. The maximum absolute atomic E-state index is 5.89. The van der Waals surface area contributed by atoms with E-state index in [1.807, 2.05) is 24.3 Å². The van der Waals surface area contributed by atoms with E-state index in [0.29, 0.717) is 16.8 Å². The van der Waals surface area contributed by atoms with Crippen LogP contribution in [0.3, 0.4) is 0 Å². The average Bonchev–Trinajstić information content (AvgIpc) is 3.16. The summed E-state index contributed by atoms with van der Waals surface area (Å²) in [6.45, 7) is 5.27. The predicted molar refractivity (Wildman–Crippen MR) is 79.9 cm³/mol. The summed E-state index contributed by atoms with van der Waals surface area (Å²) in [4.78, 5) is 2.41. The zero-order chi connectivity index (χ0) is 14.2. The van der Waals surface area contributed by atoms with Gasteiger partial charge < -0.3 is 9.73 Å². The molecule has 1 N–H and O–H groups in total. The van der Waals surface area contributed by atoms with E-state index < -0.39 is 0 Å². The second-order valence-corrected chi connectivity index (χ2v) is 6.32. The molecule has 4 rings (SSSR count). The van der Waals surface area contributed by atoms with Crippen molar-refractivity contribution in [3.63, 3.8) is 0 Å². The van der Waals surface area contributed by atoms with Crippen LogP contribution in [0.1, 0.15) is 5.89 Å². The third-order valence-electron chi connectivity index (χ3n) is 4.38. The van der Waals surface area contributed by atoms with Gasteiger partial charge in [0.25, 0.3) is 0 Å². The summed E-state index contributed by atoms with van der Waals surface area (Å²) in [6, 6.07) is 7.45. The van der Waals surface area contributed by atoms with Gasteiger partial charge in [0, 0.05) is 23.7 Å². The van der Waals surface area contributed by atoms with Crippen molar-refractivity contribution in [2.24, 2.45) is 11.8 Å². The lowest BCUT2D eigenvalue weighted by atomic mass is 10.0. The van der Waals surface area contributed by atoms with Crippen LogP contribution in [-0.2, 0) is 6.54 Å². The van der Waals surface area contributed by atoms with Gasteiger partial charge in [-0.3, -0.25) is 4.90 Å². The highest BCUT2D eigenvalue weighted by Crippen LogP contribution is 2.28. The van der Waals surface area contributed by atoms with Crippen molar-refractivity contribution in [3.05, 3.63) is 35.2 Å². The van der Waals surface area contributed by atoms with Crippen molar-refractivity contribution in [1.82, 2.24) is 20.4 Å². The minimum Gasteiger partial charge on any atom is -0.419 e. The molecule has 1 aromatic carbocycles. The van der Waals surface area contributed by atoms with E-state index in [-0.39, 0.29) is 0 Å². The zero-order valence-electron chi connectivity index (χ0n) is 11.6.